The van der Waals surface area contributed by atoms with Gasteiger partial charge in [-0.05, 0) is 33.7 Å². The van der Waals surface area contributed by atoms with Crippen LogP contribution >= 0.6 is 39.3 Å². The lowest BCUT2D eigenvalue weighted by molar-refractivity contribution is 0.595. The highest BCUT2D eigenvalue weighted by molar-refractivity contribution is 9.10. The van der Waals surface area contributed by atoms with Crippen molar-refractivity contribution in [1.82, 2.24) is 0 Å². The summed E-state index contributed by atoms with van der Waals surface area (Å²) in [5.41, 5.74) is 6.45. The van der Waals surface area contributed by atoms with Crippen molar-refractivity contribution in [3.63, 3.8) is 0 Å². The van der Waals surface area contributed by atoms with Crippen LogP contribution in [-0.2, 0) is 0 Å². The topological polar surface area (TPSA) is 26.0 Å². The van der Waals surface area contributed by atoms with Gasteiger partial charge in [-0.3, -0.25) is 0 Å². The van der Waals surface area contributed by atoms with Crippen molar-refractivity contribution < 1.29 is 4.39 Å². The Balaban J connectivity index is 2.69. The van der Waals surface area contributed by atoms with Crippen LogP contribution in [-0.4, -0.2) is 11.5 Å². The second-order valence-electron chi connectivity index (χ2n) is 4.30. The van der Waals surface area contributed by atoms with Crippen molar-refractivity contribution in [1.29, 1.82) is 0 Å². The van der Waals surface area contributed by atoms with E-state index in [1.54, 1.807) is 23.9 Å². The van der Waals surface area contributed by atoms with Gasteiger partial charge in [0.15, 0.2) is 0 Å². The molecule has 0 saturated heterocycles. The lowest BCUT2D eigenvalue weighted by Crippen LogP contribution is -2.15. The van der Waals surface area contributed by atoms with Gasteiger partial charge in [-0.1, -0.05) is 31.5 Å². The first-order valence-corrected chi connectivity index (χ1v) is 7.72. The summed E-state index contributed by atoms with van der Waals surface area (Å²) in [6, 6.07) is 3.10. The maximum Gasteiger partial charge on any atom is 0.147 e. The quantitative estimate of drug-likeness (QED) is 0.791. The minimum Gasteiger partial charge on any atom is -0.323 e. The largest absolute Gasteiger partial charge is 0.323 e. The number of hydrogen-bond acceptors (Lipinski definition) is 2. The molecule has 5 heteroatoms. The highest BCUT2D eigenvalue weighted by atomic mass is 79.9. The fourth-order valence-corrected chi connectivity index (χ4v) is 2.87. The summed E-state index contributed by atoms with van der Waals surface area (Å²) in [4.78, 5) is 0. The van der Waals surface area contributed by atoms with Crippen LogP contribution in [0.15, 0.2) is 16.6 Å². The molecule has 17 heavy (non-hydrogen) atoms. The van der Waals surface area contributed by atoms with Gasteiger partial charge in [0.1, 0.15) is 5.82 Å². The maximum atomic E-state index is 13.8. The van der Waals surface area contributed by atoms with Gasteiger partial charge in [-0.15, -0.1) is 0 Å². The second kappa shape index (κ2) is 6.98. The van der Waals surface area contributed by atoms with E-state index in [-0.39, 0.29) is 11.1 Å². The summed E-state index contributed by atoms with van der Waals surface area (Å²) in [6.07, 6.45) is 0. The van der Waals surface area contributed by atoms with Crippen LogP contribution in [0, 0.1) is 11.7 Å². The van der Waals surface area contributed by atoms with E-state index < -0.39 is 5.82 Å². The zero-order valence-electron chi connectivity index (χ0n) is 9.84. The molecule has 1 aromatic rings. The highest BCUT2D eigenvalue weighted by Gasteiger charge is 2.16. The number of benzene rings is 1. The number of rotatable bonds is 5. The Morgan fingerprint density at radius 2 is 2.06 bits per heavy atom. The van der Waals surface area contributed by atoms with E-state index in [9.17, 15) is 4.39 Å². The zero-order chi connectivity index (χ0) is 13.0. The Bertz CT molecular complexity index is 387. The van der Waals surface area contributed by atoms with E-state index in [0.29, 0.717) is 21.7 Å². The van der Waals surface area contributed by atoms with Crippen LogP contribution in [0.1, 0.15) is 25.5 Å². The average molecular weight is 341 g/mol. The van der Waals surface area contributed by atoms with E-state index in [1.807, 2.05) is 0 Å². The second-order valence-corrected chi connectivity index (χ2v) is 6.61. The standard InChI is InChI=1S/C12H16BrClFNS/c1-7(2)5-17-6-10(16)8-3-4-9(13)11(14)12(8)15/h3-4,7,10H,5-6,16H2,1-2H3. The summed E-state index contributed by atoms with van der Waals surface area (Å²) < 4.78 is 14.4. The molecule has 0 aromatic heterocycles. The number of halogens is 3. The van der Waals surface area contributed by atoms with Gasteiger partial charge in [0.2, 0.25) is 0 Å². The maximum absolute atomic E-state index is 13.8. The lowest BCUT2D eigenvalue weighted by atomic mass is 10.1. The normalized spacial score (nSPS) is 13.1. The molecule has 0 bridgehead atoms. The summed E-state index contributed by atoms with van der Waals surface area (Å²) in [6.45, 7) is 4.30. The minimum absolute atomic E-state index is 0.104. The molecule has 0 spiro atoms. The summed E-state index contributed by atoms with van der Waals surface area (Å²) in [5, 5.41) is 0.104. The first-order chi connectivity index (χ1) is 7.93. The van der Waals surface area contributed by atoms with Crippen molar-refractivity contribution in [3.05, 3.63) is 33.0 Å². The molecule has 0 aliphatic rings. The van der Waals surface area contributed by atoms with Crippen molar-refractivity contribution >= 4 is 39.3 Å². The molecule has 1 aromatic carbocycles. The van der Waals surface area contributed by atoms with Crippen LogP contribution in [0.25, 0.3) is 0 Å². The molecule has 96 valence electrons. The third-order valence-corrected chi connectivity index (χ3v) is 4.97. The van der Waals surface area contributed by atoms with Crippen molar-refractivity contribution in [2.75, 3.05) is 11.5 Å². The number of nitrogens with two attached hydrogens (primary N) is 1. The average Bonchev–Trinajstić information content (AvgIpc) is 2.25. The minimum atomic E-state index is -0.418. The first-order valence-electron chi connectivity index (χ1n) is 5.40. The summed E-state index contributed by atoms with van der Waals surface area (Å²) in [7, 11) is 0. The molecule has 0 aliphatic heterocycles. The van der Waals surface area contributed by atoms with Crippen LogP contribution in [0.5, 0.6) is 0 Å². The molecule has 1 nitrogen and oxygen atoms in total. The first kappa shape index (κ1) is 15.3. The van der Waals surface area contributed by atoms with E-state index in [4.69, 9.17) is 17.3 Å². The fourth-order valence-electron chi connectivity index (χ4n) is 1.35. The molecule has 0 saturated carbocycles. The molecular formula is C12H16BrClFNS. The van der Waals surface area contributed by atoms with Crippen molar-refractivity contribution in [2.24, 2.45) is 11.7 Å². The molecule has 1 rings (SSSR count). The Labute approximate surface area is 119 Å². The van der Waals surface area contributed by atoms with Crippen LogP contribution in [0.4, 0.5) is 4.39 Å². The van der Waals surface area contributed by atoms with Gasteiger partial charge in [-0.2, -0.15) is 11.8 Å². The Kier molecular flexibility index (Phi) is 6.27. The fraction of sp³-hybridized carbons (Fsp3) is 0.500. The SMILES string of the molecule is CC(C)CSCC(N)c1ccc(Br)c(Cl)c1F. The van der Waals surface area contributed by atoms with E-state index in [2.05, 4.69) is 29.8 Å². The number of thioether (sulfide) groups is 1. The molecular weight excluding hydrogens is 325 g/mol. The van der Waals surface area contributed by atoms with Gasteiger partial charge < -0.3 is 5.73 Å². The Morgan fingerprint density at radius 3 is 2.65 bits per heavy atom. The predicted octanol–water partition coefficient (Wildman–Crippen LogP) is 4.63. The van der Waals surface area contributed by atoms with Crippen LogP contribution in [0.2, 0.25) is 5.02 Å². The van der Waals surface area contributed by atoms with Gasteiger partial charge in [-0.25, -0.2) is 4.39 Å². The number of hydrogen-bond donors (Lipinski definition) is 1. The summed E-state index contributed by atoms with van der Waals surface area (Å²) >= 11 is 10.7. The third-order valence-electron chi connectivity index (χ3n) is 2.21. The summed E-state index contributed by atoms with van der Waals surface area (Å²) in [5.74, 6) is 1.93. The Hall–Kier alpha value is 0.230. The Morgan fingerprint density at radius 1 is 1.41 bits per heavy atom. The van der Waals surface area contributed by atoms with Crippen LogP contribution in [0.3, 0.4) is 0 Å². The molecule has 0 fully saturated rings. The van der Waals surface area contributed by atoms with Gasteiger partial charge in [0, 0.05) is 21.8 Å². The molecule has 1 atom stereocenters. The monoisotopic (exact) mass is 339 g/mol. The molecule has 1 unspecified atom stereocenters. The third kappa shape index (κ3) is 4.43. The molecule has 2 N–H and O–H groups in total. The molecule has 0 radical (unpaired) electrons. The van der Waals surface area contributed by atoms with E-state index in [1.165, 1.54) is 0 Å². The van der Waals surface area contributed by atoms with Gasteiger partial charge in [0.25, 0.3) is 0 Å². The smallest absolute Gasteiger partial charge is 0.147 e. The van der Waals surface area contributed by atoms with Crippen LogP contribution < -0.4 is 5.73 Å². The van der Waals surface area contributed by atoms with Crippen molar-refractivity contribution in [3.8, 4) is 0 Å². The van der Waals surface area contributed by atoms with Crippen molar-refractivity contribution in [2.45, 2.75) is 19.9 Å². The van der Waals surface area contributed by atoms with E-state index >= 15 is 0 Å². The van der Waals surface area contributed by atoms with Gasteiger partial charge >= 0.3 is 0 Å². The van der Waals surface area contributed by atoms with Gasteiger partial charge in [0.05, 0.1) is 5.02 Å². The highest BCUT2D eigenvalue weighted by Crippen LogP contribution is 2.30. The molecule has 0 amide bonds. The lowest BCUT2D eigenvalue weighted by Gasteiger charge is -2.14. The predicted molar refractivity (Wildman–Crippen MR) is 78.2 cm³/mol. The molecule has 0 heterocycles. The van der Waals surface area contributed by atoms with E-state index in [0.717, 1.165) is 5.75 Å². The molecule has 0 aliphatic carbocycles. The zero-order valence-corrected chi connectivity index (χ0v) is 13.0.